The first kappa shape index (κ1) is 16.6. The molecule has 0 heterocycles. The van der Waals surface area contributed by atoms with E-state index in [9.17, 15) is 0 Å². The van der Waals surface area contributed by atoms with Gasteiger partial charge in [0.15, 0.2) is 5.11 Å². The molecule has 3 heteroatoms. The fourth-order valence-electron chi connectivity index (χ4n) is 4.51. The molecule has 2 aliphatic rings. The summed E-state index contributed by atoms with van der Waals surface area (Å²) in [5.41, 5.74) is 3.76. The van der Waals surface area contributed by atoms with Gasteiger partial charge >= 0.3 is 0 Å². The molecule has 2 saturated carbocycles. The second-order valence-corrected chi connectivity index (χ2v) is 8.02. The van der Waals surface area contributed by atoms with Crippen LogP contribution < -0.4 is 10.6 Å². The summed E-state index contributed by atoms with van der Waals surface area (Å²) in [5, 5.41) is 7.83. The first-order valence-electron chi connectivity index (χ1n) is 9.41. The van der Waals surface area contributed by atoms with Gasteiger partial charge in [-0.2, -0.15) is 0 Å². The summed E-state index contributed by atoms with van der Waals surface area (Å²) >= 11 is 5.56. The third-order valence-electron chi connectivity index (χ3n) is 5.92. The van der Waals surface area contributed by atoms with Gasteiger partial charge in [-0.15, -0.1) is 0 Å². The van der Waals surface area contributed by atoms with Crippen molar-refractivity contribution in [3.63, 3.8) is 0 Å². The number of hydrogen-bond acceptors (Lipinski definition) is 1. The topological polar surface area (TPSA) is 24.1 Å². The summed E-state index contributed by atoms with van der Waals surface area (Å²) in [6.07, 6.45) is 5.50. The molecule has 25 heavy (non-hydrogen) atoms. The predicted molar refractivity (Wildman–Crippen MR) is 108 cm³/mol. The molecule has 4 rings (SSSR count). The molecule has 2 bridgehead atoms. The van der Waals surface area contributed by atoms with Gasteiger partial charge in [0.2, 0.25) is 0 Å². The van der Waals surface area contributed by atoms with E-state index in [4.69, 9.17) is 12.2 Å². The minimum absolute atomic E-state index is 0.211. The van der Waals surface area contributed by atoms with Gasteiger partial charge in [-0.05, 0) is 66.9 Å². The highest BCUT2D eigenvalue weighted by Gasteiger charge is 2.39. The van der Waals surface area contributed by atoms with E-state index in [1.54, 1.807) is 0 Å². The highest BCUT2D eigenvalue weighted by molar-refractivity contribution is 7.80. The molecule has 4 unspecified atom stereocenters. The highest BCUT2D eigenvalue weighted by atomic mass is 32.1. The Bertz CT molecular complexity index is 725. The van der Waals surface area contributed by atoms with Gasteiger partial charge in [0.25, 0.3) is 0 Å². The minimum Gasteiger partial charge on any atom is -0.360 e. The van der Waals surface area contributed by atoms with Crippen molar-refractivity contribution in [3.05, 3.63) is 60.2 Å². The van der Waals surface area contributed by atoms with E-state index in [2.05, 4.69) is 66.1 Å². The van der Waals surface area contributed by atoms with Crippen molar-refractivity contribution in [2.45, 2.75) is 44.7 Å². The van der Waals surface area contributed by atoms with Crippen molar-refractivity contribution in [2.24, 2.45) is 11.8 Å². The van der Waals surface area contributed by atoms with Gasteiger partial charge in [-0.1, -0.05) is 61.0 Å². The van der Waals surface area contributed by atoms with Crippen molar-refractivity contribution in [3.8, 4) is 11.1 Å². The number of nitrogens with one attached hydrogen (secondary N) is 2. The quantitative estimate of drug-likeness (QED) is 0.753. The first-order chi connectivity index (χ1) is 12.2. The van der Waals surface area contributed by atoms with Crippen LogP contribution in [0, 0.1) is 11.8 Å². The maximum Gasteiger partial charge on any atom is 0.166 e. The van der Waals surface area contributed by atoms with E-state index in [0.717, 1.165) is 16.9 Å². The molecule has 2 aromatic rings. The molecule has 130 valence electrons. The molecule has 0 amide bonds. The lowest BCUT2D eigenvalue weighted by Crippen LogP contribution is -2.44. The Balaban J connectivity index is 1.34. The lowest BCUT2D eigenvalue weighted by Gasteiger charge is -2.26. The average molecular weight is 351 g/mol. The van der Waals surface area contributed by atoms with Crippen LogP contribution in [0.1, 0.15) is 44.2 Å². The molecule has 0 aromatic heterocycles. The molecular formula is C22H26N2S. The van der Waals surface area contributed by atoms with Crippen LogP contribution in [0.4, 0.5) is 0 Å². The van der Waals surface area contributed by atoms with E-state index in [0.29, 0.717) is 6.04 Å². The Morgan fingerprint density at radius 3 is 2.32 bits per heavy atom. The minimum atomic E-state index is 0.211. The van der Waals surface area contributed by atoms with E-state index in [-0.39, 0.29) is 6.04 Å². The molecule has 2 aromatic carbocycles. The molecular weight excluding hydrogens is 324 g/mol. The van der Waals surface area contributed by atoms with Crippen molar-refractivity contribution in [2.75, 3.05) is 0 Å². The second kappa shape index (κ2) is 7.17. The number of fused-ring (bicyclic) bond motifs is 2. The van der Waals surface area contributed by atoms with Gasteiger partial charge in [-0.3, -0.25) is 0 Å². The summed E-state index contributed by atoms with van der Waals surface area (Å²) in [6.45, 7) is 2.17. The van der Waals surface area contributed by atoms with Crippen molar-refractivity contribution < 1.29 is 0 Å². The second-order valence-electron chi connectivity index (χ2n) is 7.61. The number of benzene rings is 2. The SMILES string of the molecule is CC(NC(=S)NC1CC2CCC1C2)c1ccc(-c2ccccc2)cc1. The van der Waals surface area contributed by atoms with Gasteiger partial charge in [0.1, 0.15) is 0 Å². The van der Waals surface area contributed by atoms with Crippen LogP contribution in [-0.4, -0.2) is 11.2 Å². The lowest BCUT2D eigenvalue weighted by atomic mass is 9.95. The predicted octanol–water partition coefficient (Wildman–Crippen LogP) is 5.07. The summed E-state index contributed by atoms with van der Waals surface area (Å²) in [7, 11) is 0. The molecule has 0 aliphatic heterocycles. The van der Waals surface area contributed by atoms with Gasteiger partial charge in [0, 0.05) is 6.04 Å². The lowest BCUT2D eigenvalue weighted by molar-refractivity contribution is 0.388. The van der Waals surface area contributed by atoms with Crippen molar-refractivity contribution in [1.29, 1.82) is 0 Å². The molecule has 2 N–H and O–H groups in total. The smallest absolute Gasteiger partial charge is 0.166 e. The average Bonchev–Trinajstić information content (AvgIpc) is 3.25. The fourth-order valence-corrected chi connectivity index (χ4v) is 4.83. The molecule has 0 saturated heterocycles. The number of hydrogen-bond donors (Lipinski definition) is 2. The molecule has 2 nitrogen and oxygen atoms in total. The Morgan fingerprint density at radius 1 is 0.960 bits per heavy atom. The number of thiocarbonyl (C=S) groups is 1. The normalized spacial score (nSPS) is 25.6. The maximum absolute atomic E-state index is 5.56. The zero-order valence-corrected chi connectivity index (χ0v) is 15.6. The molecule has 0 spiro atoms. The van der Waals surface area contributed by atoms with Crippen LogP contribution in [0.25, 0.3) is 11.1 Å². The molecule has 4 atom stereocenters. The van der Waals surface area contributed by atoms with Crippen LogP contribution in [0.5, 0.6) is 0 Å². The van der Waals surface area contributed by atoms with Crippen LogP contribution >= 0.6 is 12.2 Å². The first-order valence-corrected chi connectivity index (χ1v) is 9.82. The van der Waals surface area contributed by atoms with Crippen molar-refractivity contribution in [1.82, 2.24) is 10.6 Å². The van der Waals surface area contributed by atoms with Crippen LogP contribution in [0.2, 0.25) is 0 Å². The highest BCUT2D eigenvalue weighted by Crippen LogP contribution is 2.44. The summed E-state index contributed by atoms with van der Waals surface area (Å²) in [4.78, 5) is 0. The van der Waals surface area contributed by atoms with E-state index in [1.807, 2.05) is 6.07 Å². The Labute approximate surface area is 156 Å². The fraction of sp³-hybridized carbons (Fsp3) is 0.409. The van der Waals surface area contributed by atoms with Gasteiger partial charge in [-0.25, -0.2) is 0 Å². The third kappa shape index (κ3) is 3.72. The van der Waals surface area contributed by atoms with Crippen LogP contribution in [-0.2, 0) is 0 Å². The largest absolute Gasteiger partial charge is 0.360 e. The Morgan fingerprint density at radius 2 is 1.68 bits per heavy atom. The van der Waals surface area contributed by atoms with Crippen LogP contribution in [0.3, 0.4) is 0 Å². The third-order valence-corrected chi connectivity index (χ3v) is 6.16. The molecule has 2 aliphatic carbocycles. The van der Waals surface area contributed by atoms with E-state index >= 15 is 0 Å². The van der Waals surface area contributed by atoms with E-state index in [1.165, 1.54) is 42.4 Å². The zero-order chi connectivity index (χ0) is 17.2. The van der Waals surface area contributed by atoms with E-state index < -0.39 is 0 Å². The van der Waals surface area contributed by atoms with Gasteiger partial charge in [0.05, 0.1) is 6.04 Å². The standard InChI is InChI=1S/C22H26N2S/c1-15(23-22(25)24-21-14-16-7-8-20(21)13-16)17-9-11-19(12-10-17)18-5-3-2-4-6-18/h2-6,9-12,15-16,20-21H,7-8,13-14H2,1H3,(H2,23,24,25). The number of rotatable bonds is 4. The van der Waals surface area contributed by atoms with Gasteiger partial charge < -0.3 is 10.6 Å². The summed E-state index contributed by atoms with van der Waals surface area (Å²) in [5.74, 6) is 1.78. The summed E-state index contributed by atoms with van der Waals surface area (Å²) in [6, 6.07) is 20.1. The van der Waals surface area contributed by atoms with Crippen molar-refractivity contribution >= 4 is 17.3 Å². The maximum atomic E-state index is 5.56. The summed E-state index contributed by atoms with van der Waals surface area (Å²) < 4.78 is 0. The Kier molecular flexibility index (Phi) is 4.76. The molecule has 0 radical (unpaired) electrons. The monoisotopic (exact) mass is 350 g/mol. The Hall–Kier alpha value is -1.87. The zero-order valence-electron chi connectivity index (χ0n) is 14.7. The van der Waals surface area contributed by atoms with Crippen LogP contribution in [0.15, 0.2) is 54.6 Å². The molecule has 2 fully saturated rings.